The highest BCUT2D eigenvalue weighted by atomic mass is 16.2. The Kier molecular flexibility index (Phi) is 7.72. The fourth-order valence-electron chi connectivity index (χ4n) is 3.02. The minimum atomic E-state index is -0.242. The molecule has 0 saturated heterocycles. The average Bonchev–Trinajstić information content (AvgIpc) is 2.99. The molecule has 0 fully saturated rings. The molecule has 2 atom stereocenters. The Morgan fingerprint density at radius 1 is 1.14 bits per heavy atom. The van der Waals surface area contributed by atoms with E-state index in [9.17, 15) is 9.59 Å². The molecule has 0 spiro atoms. The largest absolute Gasteiger partial charge is 0.353 e. The third-order valence-corrected chi connectivity index (χ3v) is 5.01. The summed E-state index contributed by atoms with van der Waals surface area (Å²) in [7, 11) is 1.75. The number of rotatable bonds is 9. The Morgan fingerprint density at radius 2 is 1.82 bits per heavy atom. The number of nitrogens with one attached hydrogen (secondary N) is 2. The number of benzene rings is 1. The van der Waals surface area contributed by atoms with E-state index in [2.05, 4.69) is 46.9 Å². The Labute approximate surface area is 166 Å². The van der Waals surface area contributed by atoms with Crippen molar-refractivity contribution in [3.63, 3.8) is 0 Å². The molecular formula is C21H31N5O2. The normalized spacial score (nSPS) is 13.2. The summed E-state index contributed by atoms with van der Waals surface area (Å²) < 4.78 is 1.57. The molecule has 2 amide bonds. The summed E-state index contributed by atoms with van der Waals surface area (Å²) in [4.78, 5) is 24.9. The van der Waals surface area contributed by atoms with E-state index in [1.54, 1.807) is 18.7 Å². The maximum absolute atomic E-state index is 12.7. The zero-order chi connectivity index (χ0) is 20.7. The van der Waals surface area contributed by atoms with Gasteiger partial charge in [-0.25, -0.2) is 0 Å². The lowest BCUT2D eigenvalue weighted by Crippen LogP contribution is -2.41. The lowest BCUT2D eigenvalue weighted by molar-refractivity contribution is -0.126. The third kappa shape index (κ3) is 5.90. The van der Waals surface area contributed by atoms with E-state index < -0.39 is 0 Å². The molecule has 0 bridgehead atoms. The van der Waals surface area contributed by atoms with Gasteiger partial charge in [0.1, 0.15) is 0 Å². The van der Waals surface area contributed by atoms with Crippen LogP contribution in [0.15, 0.2) is 30.3 Å². The van der Waals surface area contributed by atoms with Crippen LogP contribution in [0.1, 0.15) is 48.9 Å². The second-order valence-electron chi connectivity index (χ2n) is 7.64. The molecule has 0 radical (unpaired) electrons. The van der Waals surface area contributed by atoms with Gasteiger partial charge >= 0.3 is 0 Å². The molecule has 1 aromatic carbocycles. The highest BCUT2D eigenvalue weighted by Gasteiger charge is 2.23. The molecule has 0 aliphatic rings. The number of hydrogen-bond donors (Lipinski definition) is 2. The first-order valence-electron chi connectivity index (χ1n) is 9.78. The van der Waals surface area contributed by atoms with Crippen LogP contribution >= 0.6 is 0 Å². The lowest BCUT2D eigenvalue weighted by Gasteiger charge is -2.23. The van der Waals surface area contributed by atoms with E-state index in [4.69, 9.17) is 0 Å². The van der Waals surface area contributed by atoms with Crippen LogP contribution in [0.2, 0.25) is 0 Å². The minimum absolute atomic E-state index is 0.0345. The SMILES string of the molecule is Cc1c(C(=O)NCC[C@H](C)NC(=O)C(Cc2ccccc2)C(C)C)nnn1C. The number of nitrogens with zero attached hydrogens (tertiary/aromatic N) is 3. The van der Waals surface area contributed by atoms with E-state index in [1.165, 1.54) is 0 Å². The van der Waals surface area contributed by atoms with Crippen molar-refractivity contribution in [3.8, 4) is 0 Å². The summed E-state index contributed by atoms with van der Waals surface area (Å²) >= 11 is 0. The first kappa shape index (κ1) is 21.6. The molecule has 0 aliphatic heterocycles. The van der Waals surface area contributed by atoms with E-state index in [0.29, 0.717) is 18.7 Å². The molecule has 1 aromatic heterocycles. The molecule has 7 nitrogen and oxygen atoms in total. The van der Waals surface area contributed by atoms with Gasteiger partial charge in [-0.3, -0.25) is 14.3 Å². The van der Waals surface area contributed by atoms with Crippen LogP contribution in [-0.2, 0) is 18.3 Å². The average molecular weight is 386 g/mol. The number of hydrogen-bond acceptors (Lipinski definition) is 4. The highest BCUT2D eigenvalue weighted by molar-refractivity contribution is 5.93. The van der Waals surface area contributed by atoms with Gasteiger partial charge in [0.05, 0.1) is 5.69 Å². The van der Waals surface area contributed by atoms with Crippen molar-refractivity contribution in [1.29, 1.82) is 0 Å². The Bertz CT molecular complexity index is 785. The fraction of sp³-hybridized carbons (Fsp3) is 0.524. The van der Waals surface area contributed by atoms with Crippen molar-refractivity contribution in [2.75, 3.05) is 6.54 Å². The monoisotopic (exact) mass is 385 g/mol. The van der Waals surface area contributed by atoms with Crippen LogP contribution < -0.4 is 10.6 Å². The molecule has 0 saturated carbocycles. The molecule has 1 heterocycles. The van der Waals surface area contributed by atoms with Crippen molar-refractivity contribution >= 4 is 11.8 Å². The van der Waals surface area contributed by atoms with Crippen LogP contribution in [0, 0.1) is 18.8 Å². The second kappa shape index (κ2) is 10.0. The molecule has 0 aliphatic carbocycles. The highest BCUT2D eigenvalue weighted by Crippen LogP contribution is 2.18. The molecule has 152 valence electrons. The van der Waals surface area contributed by atoms with Crippen LogP contribution in [0.25, 0.3) is 0 Å². The van der Waals surface area contributed by atoms with Gasteiger partial charge in [0, 0.05) is 25.6 Å². The van der Waals surface area contributed by atoms with E-state index >= 15 is 0 Å². The molecule has 2 rings (SSSR count). The maximum Gasteiger partial charge on any atom is 0.273 e. The van der Waals surface area contributed by atoms with E-state index in [-0.39, 0.29) is 29.7 Å². The van der Waals surface area contributed by atoms with Crippen LogP contribution in [0.4, 0.5) is 0 Å². The fourth-order valence-corrected chi connectivity index (χ4v) is 3.02. The molecular weight excluding hydrogens is 354 g/mol. The van der Waals surface area contributed by atoms with Gasteiger partial charge in [0.2, 0.25) is 5.91 Å². The van der Waals surface area contributed by atoms with Gasteiger partial charge in [-0.15, -0.1) is 5.10 Å². The van der Waals surface area contributed by atoms with Gasteiger partial charge in [-0.05, 0) is 38.2 Å². The van der Waals surface area contributed by atoms with Crippen molar-refractivity contribution in [3.05, 3.63) is 47.3 Å². The molecule has 2 N–H and O–H groups in total. The van der Waals surface area contributed by atoms with Crippen LogP contribution in [0.5, 0.6) is 0 Å². The van der Waals surface area contributed by atoms with Crippen LogP contribution in [0.3, 0.4) is 0 Å². The number of carbonyl (C=O) groups excluding carboxylic acids is 2. The van der Waals surface area contributed by atoms with Gasteiger partial charge in [-0.2, -0.15) is 0 Å². The van der Waals surface area contributed by atoms with Crippen molar-refractivity contribution in [2.24, 2.45) is 18.9 Å². The third-order valence-electron chi connectivity index (χ3n) is 5.01. The topological polar surface area (TPSA) is 88.9 Å². The molecule has 1 unspecified atom stereocenters. The van der Waals surface area contributed by atoms with E-state index in [0.717, 1.165) is 17.7 Å². The van der Waals surface area contributed by atoms with Gasteiger partial charge in [0.15, 0.2) is 5.69 Å². The Balaban J connectivity index is 1.81. The second-order valence-corrected chi connectivity index (χ2v) is 7.64. The van der Waals surface area contributed by atoms with Crippen LogP contribution in [-0.4, -0.2) is 39.4 Å². The summed E-state index contributed by atoms with van der Waals surface area (Å²) in [6.07, 6.45) is 1.37. The molecule has 7 heteroatoms. The minimum Gasteiger partial charge on any atom is -0.353 e. The van der Waals surface area contributed by atoms with Gasteiger partial charge < -0.3 is 10.6 Å². The summed E-state index contributed by atoms with van der Waals surface area (Å²) in [6.45, 7) is 8.36. The van der Waals surface area contributed by atoms with Gasteiger partial charge in [0.25, 0.3) is 5.91 Å². The maximum atomic E-state index is 12.7. The van der Waals surface area contributed by atoms with Crippen molar-refractivity contribution in [2.45, 2.75) is 46.6 Å². The van der Waals surface area contributed by atoms with Crippen molar-refractivity contribution < 1.29 is 9.59 Å². The lowest BCUT2D eigenvalue weighted by atomic mass is 9.88. The first-order chi connectivity index (χ1) is 13.3. The predicted octanol–water partition coefficient (Wildman–Crippen LogP) is 2.26. The summed E-state index contributed by atoms with van der Waals surface area (Å²) in [5, 5.41) is 13.6. The van der Waals surface area contributed by atoms with Crippen molar-refractivity contribution in [1.82, 2.24) is 25.6 Å². The summed E-state index contributed by atoms with van der Waals surface area (Å²) in [6, 6.07) is 10.0. The Morgan fingerprint density at radius 3 is 2.39 bits per heavy atom. The standard InChI is InChI=1S/C21H31N5O2/c1-14(2)18(13-17-9-7-6-8-10-17)20(27)23-15(3)11-12-22-21(28)19-16(4)26(5)25-24-19/h6-10,14-15,18H,11-13H2,1-5H3,(H,22,28)(H,23,27)/t15-,18?/m0/s1. The predicted molar refractivity (Wildman–Crippen MR) is 109 cm³/mol. The summed E-state index contributed by atoms with van der Waals surface area (Å²) in [5.41, 5.74) is 2.22. The zero-order valence-electron chi connectivity index (χ0n) is 17.4. The number of aryl methyl sites for hydroxylation is 1. The quantitative estimate of drug-likeness (QED) is 0.693. The number of amides is 2. The smallest absolute Gasteiger partial charge is 0.273 e. The van der Waals surface area contributed by atoms with E-state index in [1.807, 2.05) is 25.1 Å². The first-order valence-corrected chi connectivity index (χ1v) is 9.78. The number of aromatic nitrogens is 3. The zero-order valence-corrected chi connectivity index (χ0v) is 17.4. The Hall–Kier alpha value is -2.70. The molecule has 28 heavy (non-hydrogen) atoms. The number of carbonyl (C=O) groups is 2. The summed E-state index contributed by atoms with van der Waals surface area (Å²) in [5.74, 6) is -0.0239. The molecule has 2 aromatic rings. The van der Waals surface area contributed by atoms with Gasteiger partial charge in [-0.1, -0.05) is 49.4 Å².